The summed E-state index contributed by atoms with van der Waals surface area (Å²) in [5.74, 6) is 0.928. The summed E-state index contributed by atoms with van der Waals surface area (Å²) in [5, 5.41) is 3.16. The largest absolute Gasteiger partial charge is 0.352 e. The van der Waals surface area contributed by atoms with Gasteiger partial charge in [-0.05, 0) is 6.42 Å². The van der Waals surface area contributed by atoms with Gasteiger partial charge in [0.2, 0.25) is 5.95 Å². The molecule has 1 N–H and O–H groups in total. The molecule has 3 nitrogen and oxygen atoms in total. The summed E-state index contributed by atoms with van der Waals surface area (Å²) in [7, 11) is 0. The number of rotatable bonds is 5. The van der Waals surface area contributed by atoms with Gasteiger partial charge < -0.3 is 9.88 Å². The molecule has 1 aromatic heterocycles. The average molecular weight is 165 g/mol. The molecule has 1 rings (SSSR count). The zero-order valence-electron chi connectivity index (χ0n) is 7.45. The van der Waals surface area contributed by atoms with E-state index < -0.39 is 0 Å². The lowest BCUT2D eigenvalue weighted by Gasteiger charge is -2.05. The van der Waals surface area contributed by atoms with Crippen LogP contribution in [0.3, 0.4) is 0 Å². The van der Waals surface area contributed by atoms with Crippen molar-refractivity contribution in [3.63, 3.8) is 0 Å². The Hall–Kier alpha value is -1.25. The molecular formula is C9H15N3. The predicted molar refractivity (Wildman–Crippen MR) is 51.2 cm³/mol. The van der Waals surface area contributed by atoms with Crippen molar-refractivity contribution in [1.82, 2.24) is 9.55 Å². The third kappa shape index (κ3) is 2.12. The molecule has 0 bridgehead atoms. The average Bonchev–Trinajstić information content (AvgIpc) is 2.50. The third-order valence-electron chi connectivity index (χ3n) is 1.58. The van der Waals surface area contributed by atoms with Gasteiger partial charge >= 0.3 is 0 Å². The van der Waals surface area contributed by atoms with Crippen LogP contribution in [-0.2, 0) is 6.54 Å². The molecule has 0 atom stereocenters. The Morgan fingerprint density at radius 3 is 3.25 bits per heavy atom. The first-order valence-electron chi connectivity index (χ1n) is 4.24. The lowest BCUT2D eigenvalue weighted by molar-refractivity contribution is 0.684. The Kier molecular flexibility index (Phi) is 3.38. The summed E-state index contributed by atoms with van der Waals surface area (Å²) in [4.78, 5) is 4.18. The van der Waals surface area contributed by atoms with Crippen LogP contribution in [0.2, 0.25) is 0 Å². The molecule has 0 aliphatic carbocycles. The highest BCUT2D eigenvalue weighted by atomic mass is 15.2. The second-order valence-corrected chi connectivity index (χ2v) is 2.61. The maximum atomic E-state index is 4.18. The fraction of sp³-hybridized carbons (Fsp3) is 0.444. The van der Waals surface area contributed by atoms with Crippen LogP contribution < -0.4 is 5.32 Å². The third-order valence-corrected chi connectivity index (χ3v) is 1.58. The van der Waals surface area contributed by atoms with Crippen LogP contribution in [0.1, 0.15) is 13.3 Å². The molecule has 12 heavy (non-hydrogen) atoms. The zero-order valence-corrected chi connectivity index (χ0v) is 7.45. The van der Waals surface area contributed by atoms with Crippen molar-refractivity contribution in [2.24, 2.45) is 0 Å². The molecule has 0 spiro atoms. The van der Waals surface area contributed by atoms with Crippen molar-refractivity contribution >= 4 is 5.95 Å². The van der Waals surface area contributed by atoms with E-state index in [4.69, 9.17) is 0 Å². The maximum Gasteiger partial charge on any atom is 0.203 e. The van der Waals surface area contributed by atoms with Crippen molar-refractivity contribution < 1.29 is 0 Å². The number of nitrogens with zero attached hydrogens (tertiary/aromatic N) is 2. The van der Waals surface area contributed by atoms with Crippen molar-refractivity contribution in [3.05, 3.63) is 25.0 Å². The van der Waals surface area contributed by atoms with Crippen molar-refractivity contribution in [1.29, 1.82) is 0 Å². The van der Waals surface area contributed by atoms with Gasteiger partial charge in [-0.25, -0.2) is 4.98 Å². The van der Waals surface area contributed by atoms with E-state index in [2.05, 4.69) is 28.4 Å². The first-order chi connectivity index (χ1) is 5.88. The molecule has 0 radical (unpaired) electrons. The Morgan fingerprint density at radius 1 is 1.75 bits per heavy atom. The number of nitrogens with one attached hydrogen (secondary N) is 1. The highest BCUT2D eigenvalue weighted by Crippen LogP contribution is 2.04. The summed E-state index contributed by atoms with van der Waals surface area (Å²) >= 11 is 0. The molecule has 66 valence electrons. The first-order valence-corrected chi connectivity index (χ1v) is 4.24. The minimum atomic E-state index is 0.765. The Morgan fingerprint density at radius 2 is 2.58 bits per heavy atom. The van der Waals surface area contributed by atoms with Gasteiger partial charge in [-0.2, -0.15) is 0 Å². The summed E-state index contributed by atoms with van der Waals surface area (Å²) in [6, 6.07) is 0. The number of aromatic nitrogens is 2. The van der Waals surface area contributed by atoms with E-state index in [-0.39, 0.29) is 0 Å². The molecule has 0 aromatic carbocycles. The fourth-order valence-corrected chi connectivity index (χ4v) is 1.06. The van der Waals surface area contributed by atoms with Crippen LogP contribution in [0.15, 0.2) is 25.0 Å². The van der Waals surface area contributed by atoms with Crippen LogP contribution in [0.5, 0.6) is 0 Å². The standard InChI is InChI=1S/C9H15N3/c1-3-5-10-9-11-6-8-12(9)7-4-2/h3,6,8H,1,4-5,7H2,2H3,(H,10,11). The van der Waals surface area contributed by atoms with Gasteiger partial charge in [0.25, 0.3) is 0 Å². The molecule has 0 amide bonds. The lowest BCUT2D eigenvalue weighted by atomic mass is 10.5. The summed E-state index contributed by atoms with van der Waals surface area (Å²) in [6.07, 6.45) is 6.74. The normalized spacial score (nSPS) is 9.75. The van der Waals surface area contributed by atoms with Crippen LogP contribution in [0.4, 0.5) is 5.95 Å². The number of hydrogen-bond donors (Lipinski definition) is 1. The van der Waals surface area contributed by atoms with Gasteiger partial charge in [-0.3, -0.25) is 0 Å². The molecule has 0 aliphatic rings. The van der Waals surface area contributed by atoms with Crippen molar-refractivity contribution in [2.75, 3.05) is 11.9 Å². The van der Waals surface area contributed by atoms with E-state index in [9.17, 15) is 0 Å². The van der Waals surface area contributed by atoms with E-state index in [0.717, 1.165) is 25.5 Å². The Labute approximate surface area is 73.1 Å². The monoisotopic (exact) mass is 165 g/mol. The van der Waals surface area contributed by atoms with E-state index in [1.807, 2.05) is 12.3 Å². The maximum absolute atomic E-state index is 4.18. The molecule has 0 fully saturated rings. The van der Waals surface area contributed by atoms with Gasteiger partial charge in [0, 0.05) is 25.5 Å². The first kappa shape index (κ1) is 8.84. The van der Waals surface area contributed by atoms with Gasteiger partial charge in [-0.15, -0.1) is 6.58 Å². The van der Waals surface area contributed by atoms with Gasteiger partial charge in [-0.1, -0.05) is 13.0 Å². The lowest BCUT2D eigenvalue weighted by Crippen LogP contribution is -2.06. The van der Waals surface area contributed by atoms with Crippen molar-refractivity contribution in [2.45, 2.75) is 19.9 Å². The van der Waals surface area contributed by atoms with Crippen LogP contribution in [0.25, 0.3) is 0 Å². The van der Waals surface area contributed by atoms with Crippen LogP contribution >= 0.6 is 0 Å². The smallest absolute Gasteiger partial charge is 0.203 e. The second kappa shape index (κ2) is 4.59. The van der Waals surface area contributed by atoms with Crippen LogP contribution in [0, 0.1) is 0 Å². The minimum Gasteiger partial charge on any atom is -0.352 e. The number of anilines is 1. The highest BCUT2D eigenvalue weighted by molar-refractivity contribution is 5.26. The Bertz CT molecular complexity index is 240. The van der Waals surface area contributed by atoms with Crippen LogP contribution in [-0.4, -0.2) is 16.1 Å². The van der Waals surface area contributed by atoms with Crippen molar-refractivity contribution in [3.8, 4) is 0 Å². The summed E-state index contributed by atoms with van der Waals surface area (Å²) in [6.45, 7) is 7.56. The number of imidazole rings is 1. The number of hydrogen-bond acceptors (Lipinski definition) is 2. The summed E-state index contributed by atoms with van der Waals surface area (Å²) < 4.78 is 2.10. The SMILES string of the molecule is C=CCNc1nccn1CCC. The quantitative estimate of drug-likeness (QED) is 0.675. The molecular weight excluding hydrogens is 150 g/mol. The second-order valence-electron chi connectivity index (χ2n) is 2.61. The van der Waals surface area contributed by atoms with E-state index in [1.54, 1.807) is 6.20 Å². The zero-order chi connectivity index (χ0) is 8.81. The molecule has 0 unspecified atom stereocenters. The van der Waals surface area contributed by atoms with Gasteiger partial charge in [0.1, 0.15) is 0 Å². The Balaban J connectivity index is 2.56. The molecule has 1 heterocycles. The van der Waals surface area contributed by atoms with E-state index in [0.29, 0.717) is 0 Å². The topological polar surface area (TPSA) is 29.9 Å². The van der Waals surface area contributed by atoms with Gasteiger partial charge in [0.05, 0.1) is 0 Å². The molecule has 0 saturated carbocycles. The molecule has 0 aliphatic heterocycles. The van der Waals surface area contributed by atoms with Gasteiger partial charge in [0.15, 0.2) is 0 Å². The molecule has 1 aromatic rings. The highest BCUT2D eigenvalue weighted by Gasteiger charge is 1.97. The molecule has 3 heteroatoms. The number of aryl methyl sites for hydroxylation is 1. The predicted octanol–water partition coefficient (Wildman–Crippen LogP) is 1.89. The van der Waals surface area contributed by atoms with E-state index in [1.165, 1.54) is 0 Å². The minimum absolute atomic E-state index is 0.765. The summed E-state index contributed by atoms with van der Waals surface area (Å²) in [5.41, 5.74) is 0. The fourth-order valence-electron chi connectivity index (χ4n) is 1.06. The molecule has 0 saturated heterocycles. The van der Waals surface area contributed by atoms with E-state index >= 15 is 0 Å².